The maximum atomic E-state index is 13.2. The average molecular weight is 531 g/mol. The Kier molecular flexibility index (Phi) is 8.87. The lowest BCUT2D eigenvalue weighted by atomic mass is 10.1. The van der Waals surface area contributed by atoms with Crippen LogP contribution in [0.1, 0.15) is 17.2 Å². The van der Waals surface area contributed by atoms with Crippen molar-refractivity contribution in [2.45, 2.75) is 17.6 Å². The summed E-state index contributed by atoms with van der Waals surface area (Å²) in [6, 6.07) is 22.1. The predicted octanol–water partition coefficient (Wildman–Crippen LogP) is 4.62. The first-order chi connectivity index (χ1) is 17.4. The second-order valence-corrected chi connectivity index (χ2v) is 11.0. The molecule has 0 unspecified atom stereocenters. The van der Waals surface area contributed by atoms with Crippen molar-refractivity contribution >= 4 is 21.6 Å². The zero-order chi connectivity index (χ0) is 25.5. The third-order valence-corrected chi connectivity index (χ3v) is 8.41. The molecule has 0 saturated carbocycles. The van der Waals surface area contributed by atoms with E-state index in [1.807, 2.05) is 48.5 Å². The highest BCUT2D eigenvalue weighted by Crippen LogP contribution is 2.26. The fourth-order valence-corrected chi connectivity index (χ4v) is 5.77. The lowest BCUT2D eigenvalue weighted by Crippen LogP contribution is -2.49. The number of ether oxygens (including phenoxy) is 3. The van der Waals surface area contributed by atoms with Crippen LogP contribution < -0.4 is 9.47 Å². The molecule has 3 aromatic carbocycles. The van der Waals surface area contributed by atoms with Crippen molar-refractivity contribution in [3.8, 4) is 11.5 Å². The maximum absolute atomic E-state index is 13.2. The second kappa shape index (κ2) is 12.1. The van der Waals surface area contributed by atoms with E-state index >= 15 is 0 Å². The molecule has 0 bridgehead atoms. The van der Waals surface area contributed by atoms with Crippen LogP contribution in [0.15, 0.2) is 77.7 Å². The molecule has 1 fully saturated rings. The molecule has 3 aromatic rings. The van der Waals surface area contributed by atoms with Gasteiger partial charge in [-0.15, -0.1) is 0 Å². The molecule has 0 spiro atoms. The molecule has 0 amide bonds. The molecule has 9 heteroatoms. The van der Waals surface area contributed by atoms with Crippen molar-refractivity contribution in [2.75, 3.05) is 46.9 Å². The molecule has 1 heterocycles. The molecule has 1 atom stereocenters. The van der Waals surface area contributed by atoms with Crippen LogP contribution in [0, 0.1) is 0 Å². The summed E-state index contributed by atoms with van der Waals surface area (Å²) in [6.07, 6.45) is -0.199. The number of sulfonamides is 1. The zero-order valence-electron chi connectivity index (χ0n) is 20.5. The van der Waals surface area contributed by atoms with Gasteiger partial charge in [0.25, 0.3) is 0 Å². The number of hydrogen-bond donors (Lipinski definition) is 0. The fraction of sp³-hybridized carbons (Fsp3) is 0.333. The van der Waals surface area contributed by atoms with Crippen LogP contribution in [0.3, 0.4) is 0 Å². The van der Waals surface area contributed by atoms with Crippen molar-refractivity contribution in [2.24, 2.45) is 0 Å². The molecule has 0 aliphatic carbocycles. The van der Waals surface area contributed by atoms with E-state index in [2.05, 4.69) is 4.90 Å². The number of hydrogen-bond acceptors (Lipinski definition) is 6. The van der Waals surface area contributed by atoms with Gasteiger partial charge in [0, 0.05) is 43.8 Å². The Morgan fingerprint density at radius 3 is 2.17 bits per heavy atom. The van der Waals surface area contributed by atoms with Crippen LogP contribution in [0.25, 0.3) is 0 Å². The smallest absolute Gasteiger partial charge is 0.243 e. The largest absolute Gasteiger partial charge is 0.497 e. The van der Waals surface area contributed by atoms with Gasteiger partial charge in [0.05, 0.1) is 31.8 Å². The first-order valence-corrected chi connectivity index (χ1v) is 13.6. The van der Waals surface area contributed by atoms with Crippen LogP contribution in [-0.2, 0) is 21.4 Å². The molecular weight excluding hydrogens is 500 g/mol. The predicted molar refractivity (Wildman–Crippen MR) is 140 cm³/mol. The van der Waals surface area contributed by atoms with E-state index in [-0.39, 0.29) is 11.0 Å². The summed E-state index contributed by atoms with van der Waals surface area (Å²) in [5, 5.41) is 0.668. The van der Waals surface area contributed by atoms with Gasteiger partial charge in [0.15, 0.2) is 0 Å². The average Bonchev–Trinajstić information content (AvgIpc) is 2.92. The third kappa shape index (κ3) is 6.57. The highest BCUT2D eigenvalue weighted by molar-refractivity contribution is 7.89. The number of halogens is 1. The van der Waals surface area contributed by atoms with E-state index in [9.17, 15) is 8.42 Å². The molecule has 0 N–H and O–H groups in total. The Hall–Kier alpha value is -2.62. The van der Waals surface area contributed by atoms with Gasteiger partial charge in [0.1, 0.15) is 11.5 Å². The molecule has 1 saturated heterocycles. The van der Waals surface area contributed by atoms with E-state index in [0.717, 1.165) is 16.9 Å². The quantitative estimate of drug-likeness (QED) is 0.381. The summed E-state index contributed by atoms with van der Waals surface area (Å²) in [5.74, 6) is 1.31. The zero-order valence-corrected chi connectivity index (χ0v) is 22.0. The van der Waals surface area contributed by atoms with Crippen LogP contribution in [0.4, 0.5) is 0 Å². The van der Waals surface area contributed by atoms with E-state index in [1.54, 1.807) is 31.4 Å². The summed E-state index contributed by atoms with van der Waals surface area (Å²) in [5.41, 5.74) is 2.04. The highest BCUT2D eigenvalue weighted by Gasteiger charge is 2.30. The maximum Gasteiger partial charge on any atom is 0.243 e. The Morgan fingerprint density at radius 2 is 1.50 bits per heavy atom. The number of nitrogens with zero attached hydrogens (tertiary/aromatic N) is 2. The lowest BCUT2D eigenvalue weighted by molar-refractivity contribution is 0.00767. The standard InChI is InChI=1S/C27H31ClN2O5S/c1-33-24-6-3-5-21(17-24)20-35-27(22-9-11-23(28)12-10-22)19-29-13-15-30(16-14-29)36(31,32)26-8-4-7-25(18-26)34-2/h3-12,17-18,27H,13-16,19-20H2,1-2H3/t27-/m1/s1. The van der Waals surface area contributed by atoms with Crippen LogP contribution in [0.2, 0.25) is 5.02 Å². The SMILES string of the molecule is COc1cccc(CO[C@H](CN2CCN(S(=O)(=O)c3cccc(OC)c3)CC2)c2ccc(Cl)cc2)c1. The van der Waals surface area contributed by atoms with Crippen molar-refractivity contribution in [1.29, 1.82) is 0 Å². The minimum absolute atomic E-state index is 0.199. The first-order valence-electron chi connectivity index (χ1n) is 11.8. The Morgan fingerprint density at radius 1 is 0.861 bits per heavy atom. The lowest BCUT2D eigenvalue weighted by Gasteiger charge is -2.36. The monoisotopic (exact) mass is 530 g/mol. The number of piperazine rings is 1. The van der Waals surface area contributed by atoms with Gasteiger partial charge >= 0.3 is 0 Å². The van der Waals surface area contributed by atoms with Crippen molar-refractivity contribution in [3.05, 3.63) is 88.9 Å². The van der Waals surface area contributed by atoms with Crippen LogP contribution >= 0.6 is 11.6 Å². The van der Waals surface area contributed by atoms with Gasteiger partial charge in [-0.1, -0.05) is 41.9 Å². The molecular formula is C27H31ClN2O5S. The van der Waals surface area contributed by atoms with Crippen LogP contribution in [0.5, 0.6) is 11.5 Å². The van der Waals surface area contributed by atoms with E-state index in [4.69, 9.17) is 25.8 Å². The molecule has 192 valence electrons. The fourth-order valence-electron chi connectivity index (χ4n) is 4.19. The second-order valence-electron chi connectivity index (χ2n) is 8.59. The third-order valence-electron chi connectivity index (χ3n) is 6.26. The topological polar surface area (TPSA) is 68.3 Å². The highest BCUT2D eigenvalue weighted by atomic mass is 35.5. The number of rotatable bonds is 10. The van der Waals surface area contributed by atoms with Gasteiger partial charge in [-0.25, -0.2) is 8.42 Å². The Labute approximate surface area is 218 Å². The van der Waals surface area contributed by atoms with Crippen molar-refractivity contribution < 1.29 is 22.6 Å². The van der Waals surface area contributed by atoms with Gasteiger partial charge in [-0.2, -0.15) is 4.31 Å². The molecule has 0 aromatic heterocycles. The summed E-state index contributed by atoms with van der Waals surface area (Å²) in [4.78, 5) is 2.48. The first kappa shape index (κ1) is 26.4. The van der Waals surface area contributed by atoms with Gasteiger partial charge in [-0.3, -0.25) is 4.90 Å². The molecule has 36 heavy (non-hydrogen) atoms. The minimum Gasteiger partial charge on any atom is -0.497 e. The summed E-state index contributed by atoms with van der Waals surface area (Å²) < 4.78 is 44.7. The number of methoxy groups -OCH3 is 2. The summed E-state index contributed by atoms with van der Waals surface area (Å²) in [6.45, 7) is 3.09. The molecule has 1 aliphatic heterocycles. The molecule has 0 radical (unpaired) electrons. The van der Waals surface area contributed by atoms with Gasteiger partial charge in [-0.05, 0) is 47.5 Å². The van der Waals surface area contributed by atoms with E-state index < -0.39 is 10.0 Å². The van der Waals surface area contributed by atoms with E-state index in [0.29, 0.717) is 50.1 Å². The van der Waals surface area contributed by atoms with Gasteiger partial charge in [0.2, 0.25) is 10.0 Å². The number of benzene rings is 3. The van der Waals surface area contributed by atoms with Crippen molar-refractivity contribution in [3.63, 3.8) is 0 Å². The Balaban J connectivity index is 1.42. The molecule has 1 aliphatic rings. The van der Waals surface area contributed by atoms with E-state index in [1.165, 1.54) is 11.4 Å². The molecule has 7 nitrogen and oxygen atoms in total. The minimum atomic E-state index is -3.59. The van der Waals surface area contributed by atoms with Crippen LogP contribution in [-0.4, -0.2) is 64.6 Å². The summed E-state index contributed by atoms with van der Waals surface area (Å²) in [7, 11) is -0.418. The normalized spacial score (nSPS) is 16.0. The molecule has 4 rings (SSSR count). The Bertz CT molecular complexity index is 1250. The summed E-state index contributed by atoms with van der Waals surface area (Å²) >= 11 is 6.11. The van der Waals surface area contributed by atoms with Crippen molar-refractivity contribution in [1.82, 2.24) is 9.21 Å². The van der Waals surface area contributed by atoms with Gasteiger partial charge < -0.3 is 14.2 Å².